The highest BCUT2D eigenvalue weighted by Crippen LogP contribution is 2.31. The molecule has 0 saturated carbocycles. The first-order valence-corrected chi connectivity index (χ1v) is 10.9. The highest BCUT2D eigenvalue weighted by molar-refractivity contribution is 5.66. The Morgan fingerprint density at radius 2 is 1.53 bits per heavy atom. The molecule has 0 spiro atoms. The molecule has 1 aromatic rings. The number of hydrogen-bond acceptors (Lipinski definition) is 9. The first-order valence-electron chi connectivity index (χ1n) is 10.9. The summed E-state index contributed by atoms with van der Waals surface area (Å²) in [6, 6.07) is 9.70. The number of hydrogen-bond donors (Lipinski definition) is 1. The Bertz CT molecular complexity index is 755. The largest absolute Gasteiger partial charge is 0.459 e. The molecular weight excluding hydrogens is 420 g/mol. The van der Waals surface area contributed by atoms with E-state index >= 15 is 0 Å². The van der Waals surface area contributed by atoms with Crippen LogP contribution in [0.25, 0.3) is 0 Å². The van der Waals surface area contributed by atoms with Crippen LogP contribution in [0.2, 0.25) is 0 Å². The Balaban J connectivity index is 1.64. The maximum Gasteiger partial charge on any atom is 0.302 e. The van der Waals surface area contributed by atoms with Gasteiger partial charge in [0.15, 0.2) is 12.6 Å². The molecule has 1 aromatic carbocycles. The lowest BCUT2D eigenvalue weighted by atomic mass is 10.00. The predicted octanol–water partition coefficient (Wildman–Crippen LogP) is 2.08. The highest BCUT2D eigenvalue weighted by atomic mass is 16.7. The Hall–Kier alpha value is -2.04. The minimum atomic E-state index is -0.959. The van der Waals surface area contributed by atoms with Gasteiger partial charge in [-0.2, -0.15) is 0 Å². The first-order chi connectivity index (χ1) is 15.2. The average molecular weight is 453 g/mol. The van der Waals surface area contributed by atoms with Crippen LogP contribution in [0.1, 0.15) is 46.1 Å². The van der Waals surface area contributed by atoms with Crippen molar-refractivity contribution in [2.45, 2.75) is 96.3 Å². The number of esters is 2. The lowest BCUT2D eigenvalue weighted by molar-refractivity contribution is -0.314. The molecule has 2 saturated heterocycles. The Kier molecular flexibility index (Phi) is 8.61. The molecule has 32 heavy (non-hydrogen) atoms. The summed E-state index contributed by atoms with van der Waals surface area (Å²) in [7, 11) is 0. The smallest absolute Gasteiger partial charge is 0.302 e. The molecular formula is C23H32O9. The van der Waals surface area contributed by atoms with E-state index in [2.05, 4.69) is 0 Å². The third kappa shape index (κ3) is 6.73. The van der Waals surface area contributed by atoms with E-state index in [-0.39, 0.29) is 6.42 Å². The molecule has 0 aliphatic carbocycles. The van der Waals surface area contributed by atoms with E-state index < -0.39 is 61.1 Å². The number of benzene rings is 1. The normalized spacial score (nSPS) is 35.2. The third-order valence-corrected chi connectivity index (χ3v) is 5.50. The van der Waals surface area contributed by atoms with E-state index in [1.807, 2.05) is 37.3 Å². The zero-order chi connectivity index (χ0) is 23.3. The molecule has 178 valence electrons. The molecule has 0 bridgehead atoms. The lowest BCUT2D eigenvalue weighted by Gasteiger charge is -2.43. The summed E-state index contributed by atoms with van der Waals surface area (Å²) < 4.78 is 34.5. The summed E-state index contributed by atoms with van der Waals surface area (Å²) in [4.78, 5) is 23.1. The maximum absolute atomic E-state index is 11.7. The summed E-state index contributed by atoms with van der Waals surface area (Å²) in [5, 5.41) is 10.3. The zero-order valence-corrected chi connectivity index (χ0v) is 18.8. The van der Waals surface area contributed by atoms with Gasteiger partial charge in [-0.25, -0.2) is 0 Å². The van der Waals surface area contributed by atoms with Gasteiger partial charge in [0, 0.05) is 26.7 Å². The second-order valence-corrected chi connectivity index (χ2v) is 8.20. The molecule has 9 heteroatoms. The van der Waals surface area contributed by atoms with E-state index in [0.29, 0.717) is 13.0 Å². The lowest BCUT2D eigenvalue weighted by Crippen LogP contribution is -2.55. The van der Waals surface area contributed by atoms with E-state index in [0.717, 1.165) is 5.56 Å². The van der Waals surface area contributed by atoms with Crippen LogP contribution < -0.4 is 0 Å². The molecule has 0 unspecified atom stereocenters. The van der Waals surface area contributed by atoms with Crippen molar-refractivity contribution in [3.8, 4) is 0 Å². The van der Waals surface area contributed by atoms with Crippen molar-refractivity contribution in [1.82, 2.24) is 0 Å². The van der Waals surface area contributed by atoms with Crippen molar-refractivity contribution in [2.24, 2.45) is 0 Å². The van der Waals surface area contributed by atoms with Gasteiger partial charge < -0.3 is 33.5 Å². The summed E-state index contributed by atoms with van der Waals surface area (Å²) >= 11 is 0. The third-order valence-electron chi connectivity index (χ3n) is 5.50. The molecule has 0 aromatic heterocycles. The second-order valence-electron chi connectivity index (χ2n) is 8.20. The predicted molar refractivity (Wildman–Crippen MR) is 111 cm³/mol. The van der Waals surface area contributed by atoms with Crippen molar-refractivity contribution in [1.29, 1.82) is 0 Å². The van der Waals surface area contributed by atoms with E-state index in [9.17, 15) is 14.7 Å². The number of ether oxygens (including phenoxy) is 6. The van der Waals surface area contributed by atoms with Crippen molar-refractivity contribution in [2.75, 3.05) is 0 Å². The van der Waals surface area contributed by atoms with Crippen molar-refractivity contribution in [3.63, 3.8) is 0 Å². The van der Waals surface area contributed by atoms with Crippen molar-refractivity contribution < 1.29 is 43.1 Å². The van der Waals surface area contributed by atoms with E-state index in [1.165, 1.54) is 13.8 Å². The fourth-order valence-corrected chi connectivity index (χ4v) is 4.00. The molecule has 2 fully saturated rings. The fourth-order valence-electron chi connectivity index (χ4n) is 4.00. The molecule has 2 aliphatic heterocycles. The van der Waals surface area contributed by atoms with Crippen LogP contribution in [0.4, 0.5) is 0 Å². The number of aliphatic hydroxyl groups excluding tert-OH is 1. The van der Waals surface area contributed by atoms with Gasteiger partial charge in [-0.3, -0.25) is 9.59 Å². The summed E-state index contributed by atoms with van der Waals surface area (Å²) in [6.45, 7) is 6.47. The number of carbonyl (C=O) groups excluding carboxylic acids is 2. The summed E-state index contributed by atoms with van der Waals surface area (Å²) in [6.07, 6.45) is -4.93. The molecule has 2 heterocycles. The molecule has 0 amide bonds. The summed E-state index contributed by atoms with van der Waals surface area (Å²) in [5.74, 6) is -0.932. The van der Waals surface area contributed by atoms with Gasteiger partial charge in [0.05, 0.1) is 18.8 Å². The number of rotatable bonds is 7. The molecule has 8 atom stereocenters. The van der Waals surface area contributed by atoms with Gasteiger partial charge in [-0.15, -0.1) is 0 Å². The number of carbonyl (C=O) groups is 2. The first kappa shape index (κ1) is 24.6. The molecule has 9 nitrogen and oxygen atoms in total. The Labute approximate surface area is 187 Å². The standard InChI is InChI=1S/C23H32O9/c1-13-22(26)18(30-15(3)24)10-21(28-13)32-23-14(2)29-20(11-19(23)31-16(4)25)27-12-17-8-6-5-7-9-17/h5-9,13-14,18-23,26H,10-12H2,1-4H3/t13-,14-,18+,19+,20-,21+,22-,23-/m1/s1. The van der Waals surface area contributed by atoms with Crippen molar-refractivity contribution in [3.05, 3.63) is 35.9 Å². The molecule has 0 radical (unpaired) electrons. The minimum absolute atomic E-state index is 0.148. The SMILES string of the molecule is CC(=O)O[C@H]1C[C@H](O[C@H]2[C@@H](OC(C)=O)C[C@H](OCc3ccccc3)O[C@@H]2C)O[C@H](C)[C@H]1O. The van der Waals surface area contributed by atoms with Crippen LogP contribution in [0, 0.1) is 0 Å². The van der Waals surface area contributed by atoms with Gasteiger partial charge in [-0.1, -0.05) is 30.3 Å². The van der Waals surface area contributed by atoms with E-state index in [1.54, 1.807) is 6.92 Å². The van der Waals surface area contributed by atoms with E-state index in [4.69, 9.17) is 28.4 Å². The minimum Gasteiger partial charge on any atom is -0.459 e. The van der Waals surface area contributed by atoms with Crippen LogP contribution in [-0.2, 0) is 44.6 Å². The zero-order valence-electron chi connectivity index (χ0n) is 18.8. The van der Waals surface area contributed by atoms with Gasteiger partial charge >= 0.3 is 11.9 Å². The fraction of sp³-hybridized carbons (Fsp3) is 0.652. The number of aliphatic hydroxyl groups is 1. The Morgan fingerprint density at radius 3 is 2.19 bits per heavy atom. The Morgan fingerprint density at radius 1 is 0.938 bits per heavy atom. The molecule has 3 rings (SSSR count). The van der Waals surface area contributed by atoms with Crippen molar-refractivity contribution >= 4 is 11.9 Å². The average Bonchev–Trinajstić information content (AvgIpc) is 2.72. The van der Waals surface area contributed by atoms with Gasteiger partial charge in [0.1, 0.15) is 24.4 Å². The van der Waals surface area contributed by atoms with Crippen LogP contribution in [0.15, 0.2) is 30.3 Å². The van der Waals surface area contributed by atoms with Gasteiger partial charge in [-0.05, 0) is 19.4 Å². The summed E-state index contributed by atoms with van der Waals surface area (Å²) in [5.41, 5.74) is 1.01. The highest BCUT2D eigenvalue weighted by Gasteiger charge is 2.44. The van der Waals surface area contributed by atoms with Gasteiger partial charge in [0.2, 0.25) is 0 Å². The topological polar surface area (TPSA) is 110 Å². The maximum atomic E-state index is 11.7. The van der Waals surface area contributed by atoms with Gasteiger partial charge in [0.25, 0.3) is 0 Å². The van der Waals surface area contributed by atoms with Crippen LogP contribution in [0.3, 0.4) is 0 Å². The quantitative estimate of drug-likeness (QED) is 0.622. The van der Waals surface area contributed by atoms with Crippen LogP contribution in [0.5, 0.6) is 0 Å². The molecule has 2 aliphatic rings. The van der Waals surface area contributed by atoms with Crippen LogP contribution in [-0.4, -0.2) is 66.2 Å². The second kappa shape index (κ2) is 11.2. The molecule has 1 N–H and O–H groups in total. The monoisotopic (exact) mass is 452 g/mol. The van der Waals surface area contributed by atoms with Crippen LogP contribution >= 0.6 is 0 Å².